The molecule has 1 aliphatic heterocycles. The number of rotatable bonds is 11. The first-order valence-electron chi connectivity index (χ1n) is 14.5. The van der Waals surface area contributed by atoms with Gasteiger partial charge in [-0.1, -0.05) is 36.8 Å². The van der Waals surface area contributed by atoms with Crippen molar-refractivity contribution in [3.05, 3.63) is 84.3 Å². The quantitative estimate of drug-likeness (QED) is 0.189. The number of nitrogens with zero attached hydrogens (tertiary/aromatic N) is 2. The second-order valence-corrected chi connectivity index (χ2v) is 11.0. The number of hydrogen-bond donors (Lipinski definition) is 3. The monoisotopic (exact) mass is 618 g/mol. The molecule has 0 spiro atoms. The molecular weight excluding hydrogens is 583 g/mol. The van der Waals surface area contributed by atoms with E-state index in [0.29, 0.717) is 40.4 Å². The molecule has 1 amide bonds. The highest BCUT2D eigenvalue weighted by Crippen LogP contribution is 2.38. The molecule has 1 fully saturated rings. The predicted octanol–water partition coefficient (Wildman–Crippen LogP) is 5.46. The summed E-state index contributed by atoms with van der Waals surface area (Å²) in [7, 11) is 1.52. The number of pyridine rings is 1. The minimum atomic E-state index is -0.642. The number of aliphatic hydroxyl groups is 1. The molecule has 230 valence electrons. The molecule has 1 aromatic heterocycles. The molecule has 9 nitrogen and oxygen atoms in total. The van der Waals surface area contributed by atoms with Crippen LogP contribution in [0.15, 0.2) is 72.9 Å². The smallest absolute Gasteiger partial charge is 0.230 e. The van der Waals surface area contributed by atoms with Crippen molar-refractivity contribution in [1.29, 1.82) is 0 Å². The molecular formula is C33H35FN4O5S. The topological polar surface area (TPSA) is 105 Å². The van der Waals surface area contributed by atoms with Crippen LogP contribution in [0, 0.1) is 5.82 Å². The lowest BCUT2D eigenvalue weighted by molar-refractivity contribution is -0.119. The number of likely N-dealkylation sites (tertiary alicyclic amines) is 1. The number of aromatic nitrogens is 1. The number of β-amino-alcohol motifs (C(OH)–C–C–N with tert-alkyl or cyclic N) is 1. The fourth-order valence-corrected chi connectivity index (χ4v) is 5.29. The number of methoxy groups -OCH3 is 1. The van der Waals surface area contributed by atoms with Crippen molar-refractivity contribution < 1.29 is 28.5 Å². The molecule has 5 rings (SSSR count). The van der Waals surface area contributed by atoms with Gasteiger partial charge >= 0.3 is 0 Å². The molecule has 0 saturated carbocycles. The van der Waals surface area contributed by atoms with E-state index in [-0.39, 0.29) is 29.8 Å². The lowest BCUT2D eigenvalue weighted by Gasteiger charge is -2.28. The van der Waals surface area contributed by atoms with Crippen LogP contribution in [0.2, 0.25) is 0 Å². The van der Waals surface area contributed by atoms with Gasteiger partial charge in [-0.2, -0.15) is 0 Å². The third-order valence-electron chi connectivity index (χ3n) is 7.21. The Kier molecular flexibility index (Phi) is 10.5. The fourth-order valence-electron chi connectivity index (χ4n) is 5.06. The van der Waals surface area contributed by atoms with Crippen LogP contribution in [0.1, 0.15) is 24.8 Å². The van der Waals surface area contributed by atoms with Crippen molar-refractivity contribution in [2.24, 2.45) is 0 Å². The standard InChI is InChI=1S/C33H35FN4O5S/c1-41-30-18-25-27(19-31(30)42-21-24(39)20-38-14-6-3-7-15-38)35-13-12-28(25)43-29-11-10-23(17-26(29)34)36-33(44)37-32(40)16-22-8-4-2-5-9-22/h2,4-5,8-13,17-19,24,39H,3,6-7,14-16,20-21H2,1H3,(H2,36,37,40,44). The number of aliphatic hydroxyl groups excluding tert-OH is 1. The molecule has 4 aromatic rings. The summed E-state index contributed by atoms with van der Waals surface area (Å²) in [6.45, 7) is 2.65. The average Bonchev–Trinajstić information content (AvgIpc) is 3.02. The molecule has 1 aliphatic rings. The van der Waals surface area contributed by atoms with Crippen LogP contribution in [-0.2, 0) is 11.2 Å². The van der Waals surface area contributed by atoms with Gasteiger partial charge in [-0.25, -0.2) is 4.39 Å². The van der Waals surface area contributed by atoms with Crippen molar-refractivity contribution in [2.75, 3.05) is 38.7 Å². The largest absolute Gasteiger partial charge is 0.493 e. The van der Waals surface area contributed by atoms with Gasteiger partial charge < -0.3 is 34.9 Å². The van der Waals surface area contributed by atoms with Crippen LogP contribution in [0.25, 0.3) is 10.9 Å². The number of piperidine rings is 1. The maximum atomic E-state index is 15.1. The highest BCUT2D eigenvalue weighted by molar-refractivity contribution is 7.80. The third-order valence-corrected chi connectivity index (χ3v) is 7.41. The van der Waals surface area contributed by atoms with Gasteiger partial charge in [0.1, 0.15) is 18.5 Å². The number of nitrogens with one attached hydrogen (secondary N) is 2. The first-order chi connectivity index (χ1) is 21.4. The molecule has 3 aromatic carbocycles. The average molecular weight is 619 g/mol. The molecule has 2 heterocycles. The Morgan fingerprint density at radius 3 is 2.57 bits per heavy atom. The lowest BCUT2D eigenvalue weighted by Crippen LogP contribution is -2.38. The van der Waals surface area contributed by atoms with Crippen molar-refractivity contribution in [2.45, 2.75) is 31.8 Å². The highest BCUT2D eigenvalue weighted by Gasteiger charge is 2.18. The minimum absolute atomic E-state index is 0.0118. The van der Waals surface area contributed by atoms with Gasteiger partial charge in [0.05, 0.1) is 19.0 Å². The Morgan fingerprint density at radius 1 is 1.02 bits per heavy atom. The first kappa shape index (κ1) is 31.1. The molecule has 1 unspecified atom stereocenters. The van der Waals surface area contributed by atoms with E-state index in [0.717, 1.165) is 31.5 Å². The van der Waals surface area contributed by atoms with Crippen molar-refractivity contribution in [1.82, 2.24) is 15.2 Å². The normalized spacial score (nSPS) is 14.1. The SMILES string of the molecule is COc1cc2c(Oc3ccc(NC(=S)NC(=O)Cc4ccccc4)cc3F)ccnc2cc1OCC(O)CN1CCCCC1. The Bertz CT molecular complexity index is 1600. The van der Waals surface area contributed by atoms with Crippen LogP contribution in [-0.4, -0.2) is 65.5 Å². The van der Waals surface area contributed by atoms with E-state index in [2.05, 4.69) is 20.5 Å². The molecule has 0 aliphatic carbocycles. The second-order valence-electron chi connectivity index (χ2n) is 10.6. The van der Waals surface area contributed by atoms with Gasteiger partial charge in [0.15, 0.2) is 28.2 Å². The summed E-state index contributed by atoms with van der Waals surface area (Å²) in [6.07, 6.45) is 4.62. The van der Waals surface area contributed by atoms with Crippen molar-refractivity contribution >= 4 is 39.8 Å². The van der Waals surface area contributed by atoms with Crippen molar-refractivity contribution in [3.8, 4) is 23.0 Å². The van der Waals surface area contributed by atoms with Gasteiger partial charge in [0.2, 0.25) is 5.91 Å². The maximum absolute atomic E-state index is 15.1. The number of hydrogen-bond acceptors (Lipinski definition) is 8. The number of ether oxygens (including phenoxy) is 3. The Morgan fingerprint density at radius 2 is 1.82 bits per heavy atom. The van der Waals surface area contributed by atoms with E-state index >= 15 is 4.39 Å². The maximum Gasteiger partial charge on any atom is 0.230 e. The first-order valence-corrected chi connectivity index (χ1v) is 14.9. The molecule has 1 atom stereocenters. The summed E-state index contributed by atoms with van der Waals surface area (Å²) < 4.78 is 32.5. The number of anilines is 1. The molecule has 3 N–H and O–H groups in total. The van der Waals surface area contributed by atoms with Gasteiger partial charge in [-0.3, -0.25) is 9.78 Å². The zero-order valence-electron chi connectivity index (χ0n) is 24.4. The summed E-state index contributed by atoms with van der Waals surface area (Å²) in [5.74, 6) is 0.318. The summed E-state index contributed by atoms with van der Waals surface area (Å²) in [5, 5.41) is 16.6. The summed E-state index contributed by atoms with van der Waals surface area (Å²) in [6, 6.07) is 18.6. The number of carbonyl (C=O) groups excluding carboxylic acids is 1. The third kappa shape index (κ3) is 8.40. The second kappa shape index (κ2) is 14.9. The number of carbonyl (C=O) groups is 1. The molecule has 11 heteroatoms. The van der Waals surface area contributed by atoms with Crippen LogP contribution in [0.3, 0.4) is 0 Å². The van der Waals surface area contributed by atoms with Crippen LogP contribution in [0.5, 0.6) is 23.0 Å². The number of benzene rings is 3. The summed E-state index contributed by atoms with van der Waals surface area (Å²) in [4.78, 5) is 19.0. The van der Waals surface area contributed by atoms with Gasteiger partial charge in [-0.05, 0) is 68.0 Å². The zero-order valence-corrected chi connectivity index (χ0v) is 25.2. The lowest BCUT2D eigenvalue weighted by atomic mass is 10.1. The van der Waals surface area contributed by atoms with Crippen LogP contribution < -0.4 is 24.8 Å². The van der Waals surface area contributed by atoms with E-state index < -0.39 is 11.9 Å². The Labute approximate surface area is 261 Å². The molecule has 0 radical (unpaired) electrons. The molecule has 44 heavy (non-hydrogen) atoms. The van der Waals surface area contributed by atoms with E-state index in [9.17, 15) is 9.90 Å². The summed E-state index contributed by atoms with van der Waals surface area (Å²) in [5.41, 5.74) is 1.76. The van der Waals surface area contributed by atoms with E-state index in [1.165, 1.54) is 25.7 Å². The van der Waals surface area contributed by atoms with Crippen molar-refractivity contribution in [3.63, 3.8) is 0 Å². The highest BCUT2D eigenvalue weighted by atomic mass is 32.1. The number of amides is 1. The Hall–Kier alpha value is -4.32. The Balaban J connectivity index is 1.22. The molecule has 0 bridgehead atoms. The van der Waals surface area contributed by atoms with Gasteiger partial charge in [0, 0.05) is 35.9 Å². The van der Waals surface area contributed by atoms with Gasteiger partial charge in [-0.15, -0.1) is 0 Å². The van der Waals surface area contributed by atoms with E-state index in [4.69, 9.17) is 26.4 Å². The molecule has 1 saturated heterocycles. The predicted molar refractivity (Wildman–Crippen MR) is 171 cm³/mol. The van der Waals surface area contributed by atoms with Crippen LogP contribution >= 0.6 is 12.2 Å². The minimum Gasteiger partial charge on any atom is -0.493 e. The van der Waals surface area contributed by atoms with Gasteiger partial charge in [0.25, 0.3) is 0 Å². The van der Waals surface area contributed by atoms with E-state index in [1.807, 2.05) is 30.3 Å². The number of fused-ring (bicyclic) bond motifs is 1. The fraction of sp³-hybridized carbons (Fsp3) is 0.303. The zero-order chi connectivity index (χ0) is 30.9. The number of halogens is 1. The van der Waals surface area contributed by atoms with E-state index in [1.54, 1.807) is 30.5 Å². The number of thiocarbonyl (C=S) groups is 1. The van der Waals surface area contributed by atoms with Crippen LogP contribution in [0.4, 0.5) is 10.1 Å². The summed E-state index contributed by atoms with van der Waals surface area (Å²) >= 11 is 5.22.